The molecule has 3 aromatic rings. The number of ether oxygens (including phenoxy) is 1. The number of carboxylic acid groups (broad SMARTS) is 1. The van der Waals surface area contributed by atoms with Crippen molar-refractivity contribution >= 4 is 23.0 Å². The number of rotatable bonds is 10. The molecule has 4 rings (SSSR count). The molecule has 0 saturated heterocycles. The summed E-state index contributed by atoms with van der Waals surface area (Å²) in [6.07, 6.45) is 1.78. The predicted octanol–water partition coefficient (Wildman–Crippen LogP) is 4.49. The Balaban J connectivity index is 1.66. The second-order valence-electron chi connectivity index (χ2n) is 9.40. The number of carbonyl (C=O) groups is 2. The van der Waals surface area contributed by atoms with Gasteiger partial charge in [-0.15, -0.1) is 0 Å². The third kappa shape index (κ3) is 5.39. The zero-order chi connectivity index (χ0) is 26.0. The third-order valence-electron chi connectivity index (χ3n) is 6.14. The molecule has 0 bridgehead atoms. The van der Waals surface area contributed by atoms with Crippen LogP contribution in [0.5, 0.6) is 5.75 Å². The summed E-state index contributed by atoms with van der Waals surface area (Å²) >= 11 is 0. The molecule has 3 N–H and O–H groups in total. The second kappa shape index (κ2) is 10.1. The highest BCUT2D eigenvalue weighted by atomic mass is 19.1. The van der Waals surface area contributed by atoms with Crippen molar-refractivity contribution in [1.82, 2.24) is 25.4 Å². The van der Waals surface area contributed by atoms with Crippen LogP contribution < -0.4 is 15.4 Å². The number of aryl methyl sites for hydroxylation is 1. The summed E-state index contributed by atoms with van der Waals surface area (Å²) in [5, 5.41) is 19.1. The Morgan fingerprint density at radius 2 is 1.94 bits per heavy atom. The molecule has 1 aliphatic carbocycles. The van der Waals surface area contributed by atoms with E-state index in [1.165, 1.54) is 6.07 Å². The minimum atomic E-state index is -1.17. The smallest absolute Gasteiger partial charge is 0.405 e. The van der Waals surface area contributed by atoms with Crippen molar-refractivity contribution in [3.8, 4) is 5.75 Å². The van der Waals surface area contributed by atoms with Gasteiger partial charge in [0.25, 0.3) is 5.91 Å². The lowest BCUT2D eigenvalue weighted by Gasteiger charge is -2.29. The van der Waals surface area contributed by atoms with Crippen molar-refractivity contribution in [1.29, 1.82) is 0 Å². The van der Waals surface area contributed by atoms with Crippen molar-refractivity contribution in [3.63, 3.8) is 0 Å². The van der Waals surface area contributed by atoms with Crippen molar-refractivity contribution in [2.45, 2.75) is 64.6 Å². The second-order valence-corrected chi connectivity index (χ2v) is 9.40. The molecule has 1 atom stereocenters. The molecule has 0 spiro atoms. The first-order valence-corrected chi connectivity index (χ1v) is 11.9. The quantitative estimate of drug-likeness (QED) is 0.377. The van der Waals surface area contributed by atoms with E-state index in [9.17, 15) is 23.5 Å². The van der Waals surface area contributed by atoms with Gasteiger partial charge in [0.05, 0.1) is 17.1 Å². The fraction of sp³-hybridized carbons (Fsp3) is 0.440. The van der Waals surface area contributed by atoms with Gasteiger partial charge >= 0.3 is 6.09 Å². The molecular weight excluding hydrogens is 472 g/mol. The van der Waals surface area contributed by atoms with Crippen LogP contribution in [0.3, 0.4) is 0 Å². The van der Waals surface area contributed by atoms with Crippen molar-refractivity contribution in [3.05, 3.63) is 52.9 Å². The average Bonchev–Trinajstić information content (AvgIpc) is 3.57. The van der Waals surface area contributed by atoms with Gasteiger partial charge in [0.15, 0.2) is 17.0 Å². The standard InChI is InChI=1S/C25H29F2N5O4/c1-4-10-25(3,30-24(34)35)13-28-23(33)22-21-20(31-32(22)15-8-9-15)19(11-14(2)29-21)36-12-16-17(26)6-5-7-18(16)27/h5-7,11,15,30H,4,8-10,12-13H2,1-3H3,(H,28,33)(H,34,35). The van der Waals surface area contributed by atoms with Crippen LogP contribution in [0.15, 0.2) is 24.3 Å². The van der Waals surface area contributed by atoms with Crippen LogP contribution in [0.1, 0.15) is 67.3 Å². The maximum absolute atomic E-state index is 14.1. The first-order chi connectivity index (χ1) is 17.1. The zero-order valence-corrected chi connectivity index (χ0v) is 20.4. The minimum Gasteiger partial charge on any atom is -0.486 e. The lowest BCUT2D eigenvalue weighted by Crippen LogP contribution is -2.53. The fourth-order valence-corrected chi connectivity index (χ4v) is 4.25. The number of nitrogens with one attached hydrogen (secondary N) is 2. The lowest BCUT2D eigenvalue weighted by atomic mass is 9.96. The predicted molar refractivity (Wildman–Crippen MR) is 128 cm³/mol. The molecule has 2 amide bonds. The highest BCUT2D eigenvalue weighted by Crippen LogP contribution is 2.39. The van der Waals surface area contributed by atoms with E-state index in [0.29, 0.717) is 23.1 Å². The van der Waals surface area contributed by atoms with E-state index in [4.69, 9.17) is 4.74 Å². The molecule has 36 heavy (non-hydrogen) atoms. The number of pyridine rings is 1. The summed E-state index contributed by atoms with van der Waals surface area (Å²) in [7, 11) is 0. The topological polar surface area (TPSA) is 118 Å². The molecule has 1 unspecified atom stereocenters. The Hall–Kier alpha value is -3.76. The van der Waals surface area contributed by atoms with Gasteiger partial charge in [-0.2, -0.15) is 5.10 Å². The monoisotopic (exact) mass is 501 g/mol. The van der Waals surface area contributed by atoms with Crippen molar-refractivity contribution in [2.75, 3.05) is 6.54 Å². The Kier molecular flexibility index (Phi) is 7.09. The summed E-state index contributed by atoms with van der Waals surface area (Å²) in [4.78, 5) is 29.2. The van der Waals surface area contributed by atoms with E-state index >= 15 is 0 Å². The summed E-state index contributed by atoms with van der Waals surface area (Å²) < 4.78 is 35.6. The summed E-state index contributed by atoms with van der Waals surface area (Å²) in [6.45, 7) is 5.11. The number of nitrogens with zero attached hydrogens (tertiary/aromatic N) is 3. The van der Waals surface area contributed by atoms with Gasteiger partial charge in [-0.3, -0.25) is 9.48 Å². The van der Waals surface area contributed by atoms with Crippen LogP contribution >= 0.6 is 0 Å². The third-order valence-corrected chi connectivity index (χ3v) is 6.14. The van der Waals surface area contributed by atoms with Crippen LogP contribution in [0.2, 0.25) is 0 Å². The lowest BCUT2D eigenvalue weighted by molar-refractivity contribution is 0.0926. The molecule has 2 aromatic heterocycles. The number of carbonyl (C=O) groups excluding carboxylic acids is 1. The number of halogens is 2. The molecule has 0 aliphatic heterocycles. The average molecular weight is 502 g/mol. The first-order valence-electron chi connectivity index (χ1n) is 11.9. The molecule has 9 nitrogen and oxygen atoms in total. The van der Waals surface area contributed by atoms with Gasteiger partial charge in [-0.25, -0.2) is 18.6 Å². The SMILES string of the molecule is CCCC(C)(CNC(=O)c1c2nc(C)cc(OCc3c(F)cccc3F)c2nn1C1CC1)NC(=O)O. The Morgan fingerprint density at radius 1 is 1.25 bits per heavy atom. The fourth-order valence-electron chi connectivity index (χ4n) is 4.25. The first kappa shape index (κ1) is 25.3. The molecule has 1 aliphatic rings. The summed E-state index contributed by atoms with van der Waals surface area (Å²) in [5.41, 5.74) is 0.353. The van der Waals surface area contributed by atoms with Gasteiger partial charge in [-0.1, -0.05) is 19.4 Å². The van der Waals surface area contributed by atoms with Crippen molar-refractivity contribution in [2.24, 2.45) is 0 Å². The molecule has 1 aromatic carbocycles. The van der Waals surface area contributed by atoms with Crippen molar-refractivity contribution < 1.29 is 28.2 Å². The minimum absolute atomic E-state index is 0.0243. The number of hydrogen-bond acceptors (Lipinski definition) is 5. The van der Waals surface area contributed by atoms with E-state index < -0.39 is 29.2 Å². The highest BCUT2D eigenvalue weighted by molar-refractivity contribution is 6.04. The van der Waals surface area contributed by atoms with E-state index in [1.807, 2.05) is 6.92 Å². The molecular formula is C25H29F2N5O4. The number of fused-ring (bicyclic) bond motifs is 1. The number of amides is 2. The Labute approximate surface area is 206 Å². The number of aromatic nitrogens is 3. The highest BCUT2D eigenvalue weighted by Gasteiger charge is 2.34. The van der Waals surface area contributed by atoms with E-state index in [-0.39, 0.29) is 36.2 Å². The maximum atomic E-state index is 14.1. The Morgan fingerprint density at radius 3 is 2.56 bits per heavy atom. The molecule has 2 heterocycles. The van der Waals surface area contributed by atoms with Crippen LogP contribution in [0.4, 0.5) is 13.6 Å². The largest absolute Gasteiger partial charge is 0.486 e. The number of benzene rings is 1. The summed E-state index contributed by atoms with van der Waals surface area (Å²) in [5.74, 6) is -1.61. The zero-order valence-electron chi connectivity index (χ0n) is 20.4. The molecule has 1 fully saturated rings. The maximum Gasteiger partial charge on any atom is 0.405 e. The number of hydrogen-bond donors (Lipinski definition) is 3. The van der Waals surface area contributed by atoms with Gasteiger partial charge < -0.3 is 20.5 Å². The van der Waals surface area contributed by atoms with E-state index in [1.54, 1.807) is 24.6 Å². The van der Waals surface area contributed by atoms with Gasteiger partial charge in [-0.05, 0) is 45.2 Å². The van der Waals surface area contributed by atoms with E-state index in [0.717, 1.165) is 31.4 Å². The van der Waals surface area contributed by atoms with Gasteiger partial charge in [0.1, 0.15) is 23.8 Å². The molecule has 192 valence electrons. The van der Waals surface area contributed by atoms with Crippen LogP contribution in [0.25, 0.3) is 11.0 Å². The van der Waals surface area contributed by atoms with E-state index in [2.05, 4.69) is 20.7 Å². The van der Waals surface area contributed by atoms with Gasteiger partial charge in [0.2, 0.25) is 0 Å². The molecule has 11 heteroatoms. The normalized spacial score (nSPS) is 14.9. The molecule has 0 radical (unpaired) electrons. The summed E-state index contributed by atoms with van der Waals surface area (Å²) in [6, 6.07) is 5.23. The Bertz CT molecular complexity index is 1290. The van der Waals surface area contributed by atoms with Crippen LogP contribution in [-0.2, 0) is 6.61 Å². The van der Waals surface area contributed by atoms with Gasteiger partial charge in [0, 0.05) is 18.3 Å². The van der Waals surface area contributed by atoms with Crippen LogP contribution in [0, 0.1) is 18.6 Å². The molecule has 1 saturated carbocycles. The van der Waals surface area contributed by atoms with Crippen LogP contribution in [-0.4, -0.2) is 44.0 Å².